The van der Waals surface area contributed by atoms with Crippen LogP contribution in [-0.4, -0.2) is 51.9 Å². The molecular weight excluding hydrogens is 322 g/mol. The highest BCUT2D eigenvalue weighted by atomic mass is 32.2. The lowest BCUT2D eigenvalue weighted by atomic mass is 10.1. The largest absolute Gasteiger partial charge is 0.378 e. The zero-order chi connectivity index (χ0) is 17.9. The van der Waals surface area contributed by atoms with Crippen LogP contribution in [0.1, 0.15) is 39.1 Å². The summed E-state index contributed by atoms with van der Waals surface area (Å²) in [6.07, 6.45) is 0. The molecule has 5 nitrogen and oxygen atoms in total. The summed E-state index contributed by atoms with van der Waals surface area (Å²) >= 11 is 1.62. The van der Waals surface area contributed by atoms with Crippen LogP contribution in [0.4, 0.5) is 0 Å². The van der Waals surface area contributed by atoms with Crippen LogP contribution in [0.15, 0.2) is 5.16 Å². The first-order valence-corrected chi connectivity index (χ1v) is 9.76. The minimum Gasteiger partial charge on any atom is -0.378 e. The van der Waals surface area contributed by atoms with Crippen molar-refractivity contribution in [3.05, 3.63) is 11.4 Å². The highest BCUT2D eigenvalue weighted by Crippen LogP contribution is 2.31. The van der Waals surface area contributed by atoms with E-state index in [4.69, 9.17) is 9.72 Å². The minimum absolute atomic E-state index is 0.102. The number of aromatic nitrogens is 2. The van der Waals surface area contributed by atoms with Gasteiger partial charge in [-0.05, 0) is 25.7 Å². The summed E-state index contributed by atoms with van der Waals surface area (Å²) in [5.74, 6) is 1.02. The first-order valence-electron chi connectivity index (χ1n) is 8.88. The number of amides is 1. The number of nitrogens with zero attached hydrogens (tertiary/aromatic N) is 3. The molecule has 2 heterocycles. The lowest BCUT2D eigenvalue weighted by molar-refractivity contribution is -0.135. The fraction of sp³-hybridized carbons (Fsp3) is 0.778. The number of carbonyl (C=O) groups is 1. The molecule has 1 unspecified atom stereocenters. The molecular formula is C18H31N3O2S. The monoisotopic (exact) mass is 353 g/mol. The molecule has 136 valence electrons. The van der Waals surface area contributed by atoms with Gasteiger partial charge in [-0.15, -0.1) is 0 Å². The molecule has 1 atom stereocenters. The van der Waals surface area contributed by atoms with Crippen molar-refractivity contribution in [2.45, 2.75) is 58.5 Å². The Morgan fingerprint density at radius 3 is 2.38 bits per heavy atom. The molecule has 1 aliphatic heterocycles. The lowest BCUT2D eigenvalue weighted by Crippen LogP contribution is -2.46. The number of ether oxygens (including phenoxy) is 1. The van der Waals surface area contributed by atoms with Gasteiger partial charge in [0, 0.05) is 25.3 Å². The number of morpholine rings is 1. The zero-order valence-electron chi connectivity index (χ0n) is 15.8. The van der Waals surface area contributed by atoms with Gasteiger partial charge in [-0.1, -0.05) is 39.5 Å². The van der Waals surface area contributed by atoms with E-state index >= 15 is 0 Å². The molecule has 0 radical (unpaired) electrons. The van der Waals surface area contributed by atoms with Gasteiger partial charge in [-0.2, -0.15) is 0 Å². The van der Waals surface area contributed by atoms with Crippen LogP contribution in [0.2, 0.25) is 0 Å². The van der Waals surface area contributed by atoms with Crippen molar-refractivity contribution in [3.63, 3.8) is 0 Å². The minimum atomic E-state index is -0.102. The van der Waals surface area contributed by atoms with Crippen molar-refractivity contribution in [2.75, 3.05) is 26.3 Å². The molecule has 1 saturated heterocycles. The normalized spacial score (nSPS) is 16.9. The SMILES string of the molecule is Cc1nc(SC(C(=O)N2CCOCC2)C(C)C)n(CC(C)C)c1C. The van der Waals surface area contributed by atoms with E-state index < -0.39 is 0 Å². The number of carbonyl (C=O) groups excluding carboxylic acids is 1. The van der Waals surface area contributed by atoms with Crippen molar-refractivity contribution >= 4 is 17.7 Å². The molecule has 1 amide bonds. The Kier molecular flexibility index (Phi) is 6.75. The van der Waals surface area contributed by atoms with Crippen molar-refractivity contribution in [3.8, 4) is 0 Å². The van der Waals surface area contributed by atoms with Crippen LogP contribution < -0.4 is 0 Å². The third kappa shape index (κ3) is 4.54. The van der Waals surface area contributed by atoms with Gasteiger partial charge in [0.05, 0.1) is 24.2 Å². The average Bonchev–Trinajstić information content (AvgIpc) is 2.79. The molecule has 6 heteroatoms. The molecule has 24 heavy (non-hydrogen) atoms. The van der Waals surface area contributed by atoms with Gasteiger partial charge < -0.3 is 14.2 Å². The van der Waals surface area contributed by atoms with Gasteiger partial charge in [-0.3, -0.25) is 4.79 Å². The lowest BCUT2D eigenvalue weighted by Gasteiger charge is -2.31. The van der Waals surface area contributed by atoms with E-state index in [1.54, 1.807) is 11.8 Å². The number of imidazole rings is 1. The van der Waals surface area contributed by atoms with Crippen LogP contribution in [0.3, 0.4) is 0 Å². The van der Waals surface area contributed by atoms with E-state index in [0.717, 1.165) is 17.4 Å². The van der Waals surface area contributed by atoms with Crippen LogP contribution in [0.25, 0.3) is 0 Å². The van der Waals surface area contributed by atoms with Gasteiger partial charge in [0.1, 0.15) is 0 Å². The second-order valence-electron chi connectivity index (χ2n) is 7.29. The summed E-state index contributed by atoms with van der Waals surface area (Å²) in [5.41, 5.74) is 2.26. The fourth-order valence-corrected chi connectivity index (χ4v) is 4.12. The van der Waals surface area contributed by atoms with Gasteiger partial charge >= 0.3 is 0 Å². The Morgan fingerprint density at radius 2 is 1.83 bits per heavy atom. The second-order valence-corrected chi connectivity index (χ2v) is 8.40. The Hall–Kier alpha value is -1.01. The molecule has 0 bridgehead atoms. The molecule has 0 saturated carbocycles. The number of thioether (sulfide) groups is 1. The number of rotatable bonds is 6. The zero-order valence-corrected chi connectivity index (χ0v) is 16.7. The predicted molar refractivity (Wildman–Crippen MR) is 98.4 cm³/mol. The number of aryl methyl sites for hydroxylation is 1. The van der Waals surface area contributed by atoms with Gasteiger partial charge in [0.2, 0.25) is 5.91 Å². The van der Waals surface area contributed by atoms with Gasteiger partial charge in [0.25, 0.3) is 0 Å². The predicted octanol–water partition coefficient (Wildman–Crippen LogP) is 3.13. The van der Waals surface area contributed by atoms with Crippen LogP contribution in [0, 0.1) is 25.7 Å². The topological polar surface area (TPSA) is 47.4 Å². The van der Waals surface area contributed by atoms with Crippen LogP contribution >= 0.6 is 11.8 Å². The Balaban J connectivity index is 2.21. The van der Waals surface area contributed by atoms with E-state index in [1.807, 2.05) is 11.8 Å². The molecule has 0 spiro atoms. The molecule has 0 N–H and O–H groups in total. The summed E-state index contributed by atoms with van der Waals surface area (Å²) in [5, 5.41) is 0.870. The third-order valence-corrected chi connectivity index (χ3v) is 5.90. The molecule has 1 fully saturated rings. The Morgan fingerprint density at radius 1 is 1.21 bits per heavy atom. The summed E-state index contributed by atoms with van der Waals surface area (Å²) < 4.78 is 7.64. The maximum atomic E-state index is 13.0. The molecule has 2 rings (SSSR count). The molecule has 1 aromatic heterocycles. The van der Waals surface area contributed by atoms with Crippen molar-refractivity contribution in [2.24, 2.45) is 11.8 Å². The Labute approximate surface area is 150 Å². The smallest absolute Gasteiger partial charge is 0.236 e. The fourth-order valence-electron chi connectivity index (χ4n) is 2.84. The number of hydrogen-bond acceptors (Lipinski definition) is 4. The number of hydrogen-bond donors (Lipinski definition) is 0. The molecule has 0 aromatic carbocycles. The van der Waals surface area contributed by atoms with Crippen molar-refractivity contribution in [1.29, 1.82) is 0 Å². The average molecular weight is 354 g/mol. The molecule has 1 aliphatic rings. The summed E-state index contributed by atoms with van der Waals surface area (Å²) in [6, 6.07) is 0. The molecule has 1 aromatic rings. The van der Waals surface area contributed by atoms with Crippen molar-refractivity contribution in [1.82, 2.24) is 14.5 Å². The second kappa shape index (κ2) is 8.39. The van der Waals surface area contributed by atoms with E-state index in [2.05, 4.69) is 39.2 Å². The van der Waals surface area contributed by atoms with E-state index in [1.165, 1.54) is 5.69 Å². The van der Waals surface area contributed by atoms with E-state index in [9.17, 15) is 4.79 Å². The van der Waals surface area contributed by atoms with Crippen molar-refractivity contribution < 1.29 is 9.53 Å². The third-order valence-electron chi connectivity index (χ3n) is 4.37. The quantitative estimate of drug-likeness (QED) is 0.737. The molecule has 0 aliphatic carbocycles. The highest BCUT2D eigenvalue weighted by Gasteiger charge is 2.31. The maximum absolute atomic E-state index is 13.0. The highest BCUT2D eigenvalue weighted by molar-refractivity contribution is 8.00. The van der Waals surface area contributed by atoms with Gasteiger partial charge in [0.15, 0.2) is 5.16 Å². The summed E-state index contributed by atoms with van der Waals surface area (Å²) in [4.78, 5) is 19.7. The van der Waals surface area contributed by atoms with Crippen LogP contribution in [-0.2, 0) is 16.1 Å². The Bertz CT molecular complexity index is 563. The first kappa shape index (κ1) is 19.3. The summed E-state index contributed by atoms with van der Waals surface area (Å²) in [7, 11) is 0. The van der Waals surface area contributed by atoms with E-state index in [-0.39, 0.29) is 17.1 Å². The standard InChI is InChI=1S/C18H31N3O2S/c1-12(2)11-21-15(6)14(5)19-18(21)24-16(13(3)4)17(22)20-7-9-23-10-8-20/h12-13,16H,7-11H2,1-6H3. The van der Waals surface area contributed by atoms with Gasteiger partial charge in [-0.25, -0.2) is 4.98 Å². The van der Waals surface area contributed by atoms with Crippen LogP contribution in [0.5, 0.6) is 0 Å². The summed E-state index contributed by atoms with van der Waals surface area (Å²) in [6.45, 7) is 16.4. The first-order chi connectivity index (χ1) is 11.3. The van der Waals surface area contributed by atoms with E-state index in [0.29, 0.717) is 32.2 Å². The maximum Gasteiger partial charge on any atom is 0.236 e.